The Bertz CT molecular complexity index is 970. The number of methoxy groups -OCH3 is 1. The van der Waals surface area contributed by atoms with E-state index < -0.39 is 0 Å². The zero-order valence-corrected chi connectivity index (χ0v) is 18.6. The molecule has 7 heteroatoms. The first-order valence-electron chi connectivity index (χ1n) is 10.4. The molecule has 162 valence electrons. The van der Waals surface area contributed by atoms with Crippen LogP contribution in [0.2, 0.25) is 5.02 Å². The molecule has 1 aliphatic heterocycles. The lowest BCUT2D eigenvalue weighted by Gasteiger charge is -2.31. The van der Waals surface area contributed by atoms with E-state index in [0.29, 0.717) is 29.7 Å². The number of nitrogens with one attached hydrogen (secondary N) is 1. The van der Waals surface area contributed by atoms with Gasteiger partial charge in [-0.05, 0) is 30.5 Å². The van der Waals surface area contributed by atoms with Crippen LogP contribution in [-0.4, -0.2) is 30.8 Å². The van der Waals surface area contributed by atoms with Gasteiger partial charge in [-0.25, -0.2) is 0 Å². The zero-order chi connectivity index (χ0) is 21.7. The Morgan fingerprint density at radius 3 is 2.77 bits per heavy atom. The van der Waals surface area contributed by atoms with Crippen molar-refractivity contribution in [3.8, 4) is 17.0 Å². The molecule has 1 amide bonds. The molecular formula is C23H29ClN2O4. The predicted molar refractivity (Wildman–Crippen MR) is 120 cm³/mol. The van der Waals surface area contributed by atoms with E-state index in [0.717, 1.165) is 48.9 Å². The van der Waals surface area contributed by atoms with E-state index in [4.69, 9.17) is 21.1 Å². The number of amides is 1. The van der Waals surface area contributed by atoms with Gasteiger partial charge >= 0.3 is 0 Å². The van der Waals surface area contributed by atoms with Gasteiger partial charge in [0, 0.05) is 50.9 Å². The Morgan fingerprint density at radius 2 is 2.07 bits per heavy atom. The van der Waals surface area contributed by atoms with Gasteiger partial charge in [0.1, 0.15) is 11.4 Å². The van der Waals surface area contributed by atoms with Crippen LogP contribution in [0.4, 0.5) is 5.69 Å². The van der Waals surface area contributed by atoms with Crippen LogP contribution >= 0.6 is 11.6 Å². The first-order chi connectivity index (χ1) is 14.4. The van der Waals surface area contributed by atoms with Crippen LogP contribution in [0.5, 0.6) is 5.75 Å². The smallest absolute Gasteiger partial charge is 0.221 e. The van der Waals surface area contributed by atoms with Crippen LogP contribution in [0.15, 0.2) is 29.2 Å². The highest BCUT2D eigenvalue weighted by Crippen LogP contribution is 2.41. The summed E-state index contributed by atoms with van der Waals surface area (Å²) in [4.78, 5) is 24.1. The highest BCUT2D eigenvalue weighted by Gasteiger charge is 2.26. The molecule has 0 saturated carbocycles. The number of hydrogen-bond donors (Lipinski definition) is 1. The van der Waals surface area contributed by atoms with Crippen molar-refractivity contribution < 1.29 is 14.3 Å². The van der Waals surface area contributed by atoms with E-state index in [1.54, 1.807) is 19.4 Å². The number of fused-ring (bicyclic) bond motifs is 3. The van der Waals surface area contributed by atoms with Crippen molar-refractivity contribution in [2.75, 3.05) is 25.6 Å². The second kappa shape index (κ2) is 10.1. The molecule has 1 aromatic heterocycles. The Labute approximate surface area is 182 Å². The molecule has 1 unspecified atom stereocenters. The summed E-state index contributed by atoms with van der Waals surface area (Å²) in [5, 5.41) is 3.17. The third kappa shape index (κ3) is 5.05. The van der Waals surface area contributed by atoms with Crippen LogP contribution < -0.4 is 15.5 Å². The van der Waals surface area contributed by atoms with Gasteiger partial charge in [-0.3, -0.25) is 9.59 Å². The van der Waals surface area contributed by atoms with Gasteiger partial charge in [0.05, 0.1) is 17.3 Å². The summed E-state index contributed by atoms with van der Waals surface area (Å²) in [6, 6.07) is 5.67. The normalized spacial score (nSPS) is 14.7. The summed E-state index contributed by atoms with van der Waals surface area (Å²) in [5.74, 6) is 0.402. The average Bonchev–Trinajstić information content (AvgIpc) is 2.70. The van der Waals surface area contributed by atoms with Crippen LogP contribution in [0.1, 0.15) is 51.1 Å². The van der Waals surface area contributed by atoms with E-state index >= 15 is 0 Å². The fourth-order valence-electron chi connectivity index (χ4n) is 3.88. The van der Waals surface area contributed by atoms with Crippen molar-refractivity contribution in [2.45, 2.75) is 52.0 Å². The molecule has 0 bridgehead atoms. The number of nitrogens with zero attached hydrogens (tertiary/aromatic N) is 1. The number of anilines is 1. The third-order valence-electron chi connectivity index (χ3n) is 5.31. The van der Waals surface area contributed by atoms with Crippen LogP contribution in [0.3, 0.4) is 0 Å². The van der Waals surface area contributed by atoms with Crippen molar-refractivity contribution >= 4 is 23.2 Å². The molecule has 0 aliphatic carbocycles. The molecule has 0 fully saturated rings. The fourth-order valence-corrected chi connectivity index (χ4v) is 4.10. The number of pyridine rings is 1. The predicted octanol–water partition coefficient (Wildman–Crippen LogP) is 4.83. The standard InChI is InChI=1S/C23H29ClN2O4/c1-4-5-7-17-10-16-11-23(30-9-6-8-29-3)19(24)12-18(16)21-13-22(28)20(14-26(17)21)25-15(2)27/h11-14,17H,4-10H2,1-3H3,(H,25,27). The van der Waals surface area contributed by atoms with Gasteiger partial charge < -0.3 is 19.4 Å². The SMILES string of the molecule is CCCCC1Cc2cc(OCCCOC)c(Cl)cc2-c2cc(=O)c(NC(C)=O)cn21. The maximum Gasteiger partial charge on any atom is 0.221 e. The number of halogens is 1. The minimum Gasteiger partial charge on any atom is -0.492 e. The maximum atomic E-state index is 12.6. The highest BCUT2D eigenvalue weighted by molar-refractivity contribution is 6.32. The maximum absolute atomic E-state index is 12.6. The first kappa shape index (κ1) is 22.4. The van der Waals surface area contributed by atoms with Crippen LogP contribution in [-0.2, 0) is 16.0 Å². The average molecular weight is 433 g/mol. The Kier molecular flexibility index (Phi) is 7.56. The number of aromatic nitrogens is 1. The molecule has 0 spiro atoms. The van der Waals surface area contributed by atoms with E-state index in [-0.39, 0.29) is 17.4 Å². The van der Waals surface area contributed by atoms with Gasteiger partial charge in [-0.15, -0.1) is 0 Å². The molecule has 0 radical (unpaired) electrons. The Morgan fingerprint density at radius 1 is 1.27 bits per heavy atom. The number of ether oxygens (including phenoxy) is 2. The largest absolute Gasteiger partial charge is 0.492 e. The van der Waals surface area contributed by atoms with E-state index in [1.807, 2.05) is 12.1 Å². The van der Waals surface area contributed by atoms with Gasteiger partial charge in [0.25, 0.3) is 0 Å². The topological polar surface area (TPSA) is 69.6 Å². The van der Waals surface area contributed by atoms with E-state index in [9.17, 15) is 9.59 Å². The molecule has 30 heavy (non-hydrogen) atoms. The number of carbonyl (C=O) groups excluding carboxylic acids is 1. The molecule has 1 atom stereocenters. The van der Waals surface area contributed by atoms with Crippen molar-refractivity contribution in [3.63, 3.8) is 0 Å². The monoisotopic (exact) mass is 432 g/mol. The number of rotatable bonds is 9. The van der Waals surface area contributed by atoms with Crippen LogP contribution in [0, 0.1) is 0 Å². The summed E-state index contributed by atoms with van der Waals surface area (Å²) >= 11 is 6.50. The fraction of sp³-hybridized carbons (Fsp3) is 0.478. The minimum absolute atomic E-state index is 0.197. The quantitative estimate of drug-likeness (QED) is 0.576. The second-order valence-electron chi connectivity index (χ2n) is 7.66. The number of carbonyl (C=O) groups is 1. The number of unbranched alkanes of at least 4 members (excludes halogenated alkanes) is 1. The lowest BCUT2D eigenvalue weighted by atomic mass is 9.90. The molecule has 6 nitrogen and oxygen atoms in total. The molecule has 2 heterocycles. The molecule has 1 aliphatic rings. The van der Waals surface area contributed by atoms with Crippen molar-refractivity contribution in [3.05, 3.63) is 45.2 Å². The lowest BCUT2D eigenvalue weighted by Crippen LogP contribution is -2.25. The zero-order valence-electron chi connectivity index (χ0n) is 17.8. The van der Waals surface area contributed by atoms with Crippen molar-refractivity contribution in [1.29, 1.82) is 0 Å². The summed E-state index contributed by atoms with van der Waals surface area (Å²) in [7, 11) is 1.67. The van der Waals surface area contributed by atoms with Crippen molar-refractivity contribution in [1.82, 2.24) is 4.57 Å². The Hall–Kier alpha value is -2.31. The van der Waals surface area contributed by atoms with Gasteiger partial charge in [0.15, 0.2) is 0 Å². The van der Waals surface area contributed by atoms with E-state index in [1.165, 1.54) is 6.92 Å². The minimum atomic E-state index is -0.257. The summed E-state index contributed by atoms with van der Waals surface area (Å²) in [5.41, 5.74) is 2.97. The molecule has 1 N–H and O–H groups in total. The van der Waals surface area contributed by atoms with E-state index in [2.05, 4.69) is 16.8 Å². The number of hydrogen-bond acceptors (Lipinski definition) is 4. The van der Waals surface area contributed by atoms with Gasteiger partial charge in [-0.1, -0.05) is 31.4 Å². The van der Waals surface area contributed by atoms with Crippen molar-refractivity contribution in [2.24, 2.45) is 0 Å². The molecule has 3 rings (SSSR count). The van der Waals surface area contributed by atoms with Gasteiger partial charge in [0.2, 0.25) is 11.3 Å². The lowest BCUT2D eigenvalue weighted by molar-refractivity contribution is -0.114. The van der Waals surface area contributed by atoms with Gasteiger partial charge in [-0.2, -0.15) is 0 Å². The summed E-state index contributed by atoms with van der Waals surface area (Å²) in [6.45, 7) is 4.73. The Balaban J connectivity index is 2.01. The molecule has 2 aromatic rings. The number of benzene rings is 1. The third-order valence-corrected chi connectivity index (χ3v) is 5.61. The highest BCUT2D eigenvalue weighted by atomic mass is 35.5. The summed E-state index contributed by atoms with van der Waals surface area (Å²) in [6.07, 6.45) is 6.52. The van der Waals surface area contributed by atoms with Crippen LogP contribution in [0.25, 0.3) is 11.3 Å². The summed E-state index contributed by atoms with van der Waals surface area (Å²) < 4.78 is 13.0. The first-order valence-corrected chi connectivity index (χ1v) is 10.8. The molecule has 1 aromatic carbocycles. The molecular weight excluding hydrogens is 404 g/mol. The molecule has 0 saturated heterocycles. The second-order valence-corrected chi connectivity index (χ2v) is 8.07.